The molecule has 0 bridgehead atoms. The predicted molar refractivity (Wildman–Crippen MR) is 105 cm³/mol. The lowest BCUT2D eigenvalue weighted by Gasteiger charge is -2.31. The fourth-order valence-electron chi connectivity index (χ4n) is 3.57. The zero-order valence-electron chi connectivity index (χ0n) is 15.0. The van der Waals surface area contributed by atoms with Gasteiger partial charge in [-0.15, -0.1) is 0 Å². The molecule has 0 fully saturated rings. The minimum Gasteiger partial charge on any atom is -0.508 e. The van der Waals surface area contributed by atoms with E-state index in [4.69, 9.17) is 0 Å². The van der Waals surface area contributed by atoms with Crippen molar-refractivity contribution in [1.29, 1.82) is 0 Å². The summed E-state index contributed by atoms with van der Waals surface area (Å²) in [5.74, 6) is 0.755. The Balaban J connectivity index is 1.87. The Morgan fingerprint density at radius 3 is 1.92 bits per heavy atom. The van der Waals surface area contributed by atoms with Gasteiger partial charge < -0.3 is 5.11 Å². The van der Waals surface area contributed by atoms with Crippen LogP contribution in [0.3, 0.4) is 0 Å². The Bertz CT molecular complexity index is 773. The summed E-state index contributed by atoms with van der Waals surface area (Å²) in [6, 6.07) is 29.1. The highest BCUT2D eigenvalue weighted by Gasteiger charge is 2.26. The first kappa shape index (κ1) is 17.3. The summed E-state index contributed by atoms with van der Waals surface area (Å²) in [5.41, 5.74) is 4.11. The van der Waals surface area contributed by atoms with Crippen LogP contribution in [0.1, 0.15) is 42.9 Å². The number of benzene rings is 3. The zero-order valence-corrected chi connectivity index (χ0v) is 15.0. The van der Waals surface area contributed by atoms with Crippen molar-refractivity contribution in [1.82, 2.24) is 0 Å². The molecule has 1 atom stereocenters. The average Bonchev–Trinajstić information content (AvgIpc) is 2.64. The van der Waals surface area contributed by atoms with Crippen LogP contribution in [0.4, 0.5) is 0 Å². The fraction of sp³-hybridized carbons (Fsp3) is 0.250. The third-order valence-corrected chi connectivity index (χ3v) is 5.00. The molecule has 3 aromatic rings. The van der Waals surface area contributed by atoms with Crippen molar-refractivity contribution >= 4 is 0 Å². The van der Waals surface area contributed by atoms with Crippen LogP contribution in [0.5, 0.6) is 5.75 Å². The SMILES string of the molecule is CC(C)(CC(Cc1ccc(O)cc1)c1ccccc1)c1ccccc1. The first-order chi connectivity index (χ1) is 12.0. The monoisotopic (exact) mass is 330 g/mol. The molecule has 3 rings (SSSR count). The maximum Gasteiger partial charge on any atom is 0.115 e. The van der Waals surface area contributed by atoms with Gasteiger partial charge in [-0.1, -0.05) is 86.6 Å². The van der Waals surface area contributed by atoms with Crippen molar-refractivity contribution in [3.8, 4) is 5.75 Å². The van der Waals surface area contributed by atoms with E-state index >= 15 is 0 Å². The van der Waals surface area contributed by atoms with Crippen LogP contribution in [0.25, 0.3) is 0 Å². The van der Waals surface area contributed by atoms with E-state index in [-0.39, 0.29) is 5.41 Å². The van der Waals surface area contributed by atoms with E-state index in [0.29, 0.717) is 11.7 Å². The molecule has 1 N–H and O–H groups in total. The second-order valence-corrected chi connectivity index (χ2v) is 7.43. The van der Waals surface area contributed by atoms with Crippen LogP contribution in [-0.2, 0) is 11.8 Å². The van der Waals surface area contributed by atoms with Crippen LogP contribution in [0.2, 0.25) is 0 Å². The van der Waals surface area contributed by atoms with Gasteiger partial charge in [-0.2, -0.15) is 0 Å². The van der Waals surface area contributed by atoms with E-state index < -0.39 is 0 Å². The molecule has 1 heteroatoms. The molecule has 0 saturated carbocycles. The summed E-state index contributed by atoms with van der Waals surface area (Å²) in [6.45, 7) is 4.66. The average molecular weight is 330 g/mol. The van der Waals surface area contributed by atoms with Crippen molar-refractivity contribution < 1.29 is 5.11 Å². The third-order valence-electron chi connectivity index (χ3n) is 5.00. The van der Waals surface area contributed by atoms with Gasteiger partial charge in [0.2, 0.25) is 0 Å². The molecule has 1 nitrogen and oxygen atoms in total. The van der Waals surface area contributed by atoms with Crippen LogP contribution in [0, 0.1) is 0 Å². The van der Waals surface area contributed by atoms with Crippen LogP contribution in [-0.4, -0.2) is 5.11 Å². The minimum absolute atomic E-state index is 0.0959. The summed E-state index contributed by atoms with van der Waals surface area (Å²) < 4.78 is 0. The molecule has 0 aliphatic rings. The van der Waals surface area contributed by atoms with Gasteiger partial charge >= 0.3 is 0 Å². The van der Waals surface area contributed by atoms with Gasteiger partial charge in [-0.05, 0) is 53.0 Å². The molecule has 25 heavy (non-hydrogen) atoms. The summed E-state index contributed by atoms with van der Waals surface area (Å²) in [5, 5.41) is 9.54. The fourth-order valence-corrected chi connectivity index (χ4v) is 3.57. The van der Waals surface area contributed by atoms with Gasteiger partial charge in [0, 0.05) is 0 Å². The highest BCUT2D eigenvalue weighted by molar-refractivity contribution is 5.31. The molecular weight excluding hydrogens is 304 g/mol. The van der Waals surface area contributed by atoms with Gasteiger partial charge in [0.15, 0.2) is 0 Å². The highest BCUT2D eigenvalue weighted by Crippen LogP contribution is 2.36. The molecule has 128 valence electrons. The Labute approximate surface area is 151 Å². The largest absolute Gasteiger partial charge is 0.508 e. The molecular formula is C24H26O. The van der Waals surface area contributed by atoms with E-state index in [1.807, 2.05) is 12.1 Å². The van der Waals surface area contributed by atoms with Crippen molar-refractivity contribution in [3.63, 3.8) is 0 Å². The molecule has 0 heterocycles. The Morgan fingerprint density at radius 2 is 1.32 bits per heavy atom. The maximum absolute atomic E-state index is 9.54. The minimum atomic E-state index is 0.0959. The molecule has 0 spiro atoms. The molecule has 0 aliphatic heterocycles. The quantitative estimate of drug-likeness (QED) is 0.580. The number of rotatable bonds is 6. The highest BCUT2D eigenvalue weighted by atomic mass is 16.3. The lowest BCUT2D eigenvalue weighted by molar-refractivity contribution is 0.421. The molecule has 0 saturated heterocycles. The Morgan fingerprint density at radius 1 is 0.760 bits per heavy atom. The third kappa shape index (κ3) is 4.51. The molecule has 1 unspecified atom stereocenters. The molecule has 0 aromatic heterocycles. The number of phenols is 1. The Kier molecular flexibility index (Phi) is 5.23. The van der Waals surface area contributed by atoms with Crippen molar-refractivity contribution in [2.45, 2.75) is 38.0 Å². The predicted octanol–water partition coefficient (Wildman–Crippen LogP) is 6.09. The van der Waals surface area contributed by atoms with Crippen LogP contribution < -0.4 is 0 Å². The van der Waals surface area contributed by atoms with E-state index in [1.54, 1.807) is 12.1 Å². The first-order valence-electron chi connectivity index (χ1n) is 8.93. The number of hydrogen-bond acceptors (Lipinski definition) is 1. The van der Waals surface area contributed by atoms with E-state index in [1.165, 1.54) is 16.7 Å². The second kappa shape index (κ2) is 7.57. The smallest absolute Gasteiger partial charge is 0.115 e. The van der Waals surface area contributed by atoms with Crippen LogP contribution in [0.15, 0.2) is 84.9 Å². The topological polar surface area (TPSA) is 20.2 Å². The number of aromatic hydroxyl groups is 1. The summed E-state index contributed by atoms with van der Waals surface area (Å²) in [7, 11) is 0. The lowest BCUT2D eigenvalue weighted by atomic mass is 9.73. The van der Waals surface area contributed by atoms with Gasteiger partial charge in [0.25, 0.3) is 0 Å². The number of hydrogen-bond donors (Lipinski definition) is 1. The first-order valence-corrected chi connectivity index (χ1v) is 8.93. The summed E-state index contributed by atoms with van der Waals surface area (Å²) in [4.78, 5) is 0. The van der Waals surface area contributed by atoms with Crippen molar-refractivity contribution in [2.75, 3.05) is 0 Å². The lowest BCUT2D eigenvalue weighted by Crippen LogP contribution is -2.22. The van der Waals surface area contributed by atoms with E-state index in [2.05, 4.69) is 74.5 Å². The normalized spacial score (nSPS) is 12.7. The molecule has 0 amide bonds. The van der Waals surface area contributed by atoms with Gasteiger partial charge in [0.1, 0.15) is 5.75 Å². The van der Waals surface area contributed by atoms with Gasteiger partial charge in [-0.25, -0.2) is 0 Å². The van der Waals surface area contributed by atoms with Gasteiger partial charge in [0.05, 0.1) is 0 Å². The number of phenolic OH excluding ortho intramolecular Hbond substituents is 1. The van der Waals surface area contributed by atoms with Crippen LogP contribution >= 0.6 is 0 Å². The molecule has 0 aliphatic carbocycles. The summed E-state index contributed by atoms with van der Waals surface area (Å²) in [6.07, 6.45) is 2.04. The van der Waals surface area contributed by atoms with E-state index in [9.17, 15) is 5.11 Å². The van der Waals surface area contributed by atoms with Gasteiger partial charge in [-0.3, -0.25) is 0 Å². The maximum atomic E-state index is 9.54. The van der Waals surface area contributed by atoms with Crippen molar-refractivity contribution in [3.05, 3.63) is 102 Å². The summed E-state index contributed by atoms with van der Waals surface area (Å²) >= 11 is 0. The molecule has 3 aromatic carbocycles. The van der Waals surface area contributed by atoms with Crippen molar-refractivity contribution in [2.24, 2.45) is 0 Å². The zero-order chi connectivity index (χ0) is 17.7. The standard InChI is InChI=1S/C24H26O/c1-24(2,22-11-7-4-8-12-22)18-21(20-9-5-3-6-10-20)17-19-13-15-23(25)16-14-19/h3-16,21,25H,17-18H2,1-2H3. The van der Waals surface area contributed by atoms with E-state index in [0.717, 1.165) is 12.8 Å². The second-order valence-electron chi connectivity index (χ2n) is 7.43. The molecule has 0 radical (unpaired) electrons. The Hall–Kier alpha value is -2.54.